The third-order valence-corrected chi connectivity index (χ3v) is 9.16. The Morgan fingerprint density at radius 1 is 1.31 bits per heavy atom. The summed E-state index contributed by atoms with van der Waals surface area (Å²) < 4.78 is 70.1. The molecule has 16 heteroatoms. The van der Waals surface area contributed by atoms with Gasteiger partial charge in [-0.05, 0) is 31.7 Å². The van der Waals surface area contributed by atoms with E-state index in [0.29, 0.717) is 54.9 Å². The smallest absolute Gasteiger partial charge is 0.368 e. The number of alkyl halides is 3. The number of nitrogens with one attached hydrogen (secondary N) is 2. The van der Waals surface area contributed by atoms with E-state index in [4.69, 9.17) is 0 Å². The van der Waals surface area contributed by atoms with Crippen LogP contribution in [0.4, 0.5) is 18.9 Å². The fraction of sp³-hybridized carbons (Fsp3) is 0.522. The Kier molecular flexibility index (Phi) is 6.80. The number of halogens is 3. The summed E-state index contributed by atoms with van der Waals surface area (Å²) in [6, 6.07) is 3.27. The van der Waals surface area contributed by atoms with Gasteiger partial charge < -0.3 is 10.2 Å². The first-order valence-electron chi connectivity index (χ1n) is 12.2. The molecule has 1 amide bonds. The second-order valence-corrected chi connectivity index (χ2v) is 12.7. The molecule has 2 N–H and O–H groups in total. The lowest BCUT2D eigenvalue weighted by atomic mass is 10.0. The zero-order valence-corrected chi connectivity index (χ0v) is 22.6. The highest BCUT2D eigenvalue weighted by atomic mass is 32.2. The summed E-state index contributed by atoms with van der Waals surface area (Å²) in [5, 5.41) is 18.0. The molecule has 0 radical (unpaired) electrons. The molecule has 5 rings (SSSR count). The van der Waals surface area contributed by atoms with E-state index in [1.54, 1.807) is 13.8 Å². The maximum atomic E-state index is 13.4. The predicted octanol–water partition coefficient (Wildman–Crippen LogP) is 2.95. The van der Waals surface area contributed by atoms with Crippen LogP contribution in [0.3, 0.4) is 0 Å². The third kappa shape index (κ3) is 5.43. The van der Waals surface area contributed by atoms with E-state index in [9.17, 15) is 31.6 Å². The lowest BCUT2D eigenvalue weighted by Crippen LogP contribution is -2.49. The summed E-state index contributed by atoms with van der Waals surface area (Å²) >= 11 is 0.301. The number of fused-ring (bicyclic) bond motifs is 1. The van der Waals surface area contributed by atoms with Crippen molar-refractivity contribution in [3.63, 3.8) is 0 Å². The molecule has 1 saturated heterocycles. The zero-order valence-electron chi connectivity index (χ0n) is 21.0. The van der Waals surface area contributed by atoms with E-state index in [1.807, 2.05) is 11.0 Å². The fourth-order valence-electron chi connectivity index (χ4n) is 4.40. The number of rotatable bonds is 7. The Labute approximate surface area is 226 Å². The van der Waals surface area contributed by atoms with Crippen LogP contribution in [-0.4, -0.2) is 58.6 Å². The highest BCUT2D eigenvalue weighted by molar-refractivity contribution is 7.89. The van der Waals surface area contributed by atoms with Gasteiger partial charge in [0.25, 0.3) is 0 Å². The van der Waals surface area contributed by atoms with Crippen molar-refractivity contribution < 1.29 is 26.4 Å². The average Bonchev–Trinajstić information content (AvgIpc) is 3.26. The molecule has 1 aliphatic heterocycles. The molecule has 1 atom stereocenters. The minimum absolute atomic E-state index is 0.000566. The van der Waals surface area contributed by atoms with Crippen LogP contribution < -0.4 is 14.9 Å². The zero-order chi connectivity index (χ0) is 28.2. The molecule has 2 fully saturated rings. The van der Waals surface area contributed by atoms with Crippen molar-refractivity contribution in [2.24, 2.45) is 5.92 Å². The number of piperidine rings is 1. The maximum Gasteiger partial charge on any atom is 0.445 e. The molecule has 39 heavy (non-hydrogen) atoms. The van der Waals surface area contributed by atoms with Crippen LogP contribution in [0, 0.1) is 17.2 Å². The van der Waals surface area contributed by atoms with E-state index < -0.39 is 26.7 Å². The number of sulfonamides is 1. The van der Waals surface area contributed by atoms with Crippen molar-refractivity contribution in [3.05, 3.63) is 23.5 Å². The number of imidazole rings is 1. The standard InChI is InChI=1S/C23H25F3N8O3S2/c1-13(2)19(35)29-14-4-3-7-33(10-14)16-8-15(39(36,37)32-22(12-27)5-6-22)11-34-17(16)9-28-18(34)20-30-31-21(38-20)23(24,25)26/h8-9,11,13-14,32H,3-7,10H2,1-2H3,(H,29,35). The van der Waals surface area contributed by atoms with Crippen LogP contribution in [-0.2, 0) is 21.0 Å². The van der Waals surface area contributed by atoms with Gasteiger partial charge in [0.15, 0.2) is 10.8 Å². The highest BCUT2D eigenvalue weighted by Gasteiger charge is 2.47. The number of amides is 1. The molecule has 3 aromatic heterocycles. The molecule has 1 aliphatic carbocycles. The second kappa shape index (κ2) is 9.72. The number of carbonyl (C=O) groups excluding carboxylic acids is 1. The van der Waals surface area contributed by atoms with E-state index >= 15 is 0 Å². The number of hydrogen-bond donors (Lipinski definition) is 2. The number of aromatic nitrogens is 4. The van der Waals surface area contributed by atoms with Crippen LogP contribution in [0.5, 0.6) is 0 Å². The summed E-state index contributed by atoms with van der Waals surface area (Å²) in [7, 11) is -4.19. The lowest BCUT2D eigenvalue weighted by molar-refractivity contribution is -0.138. The summed E-state index contributed by atoms with van der Waals surface area (Å²) in [5.41, 5.74) is -0.253. The van der Waals surface area contributed by atoms with E-state index in [-0.39, 0.29) is 33.6 Å². The maximum absolute atomic E-state index is 13.4. The summed E-state index contributed by atoms with van der Waals surface area (Å²) in [6.45, 7) is 4.53. The van der Waals surface area contributed by atoms with Gasteiger partial charge in [0.2, 0.25) is 20.9 Å². The van der Waals surface area contributed by atoms with Gasteiger partial charge in [0.1, 0.15) is 10.4 Å². The third-order valence-electron chi connectivity index (χ3n) is 6.69. The first kappa shape index (κ1) is 27.3. The van der Waals surface area contributed by atoms with Gasteiger partial charge in [0.05, 0.1) is 23.5 Å². The van der Waals surface area contributed by atoms with Crippen molar-refractivity contribution in [2.75, 3.05) is 18.0 Å². The molecule has 1 saturated carbocycles. The number of carbonyl (C=O) groups is 1. The molecule has 2 aliphatic rings. The van der Waals surface area contributed by atoms with Crippen molar-refractivity contribution >= 4 is 38.5 Å². The number of anilines is 1. The van der Waals surface area contributed by atoms with Gasteiger partial charge in [-0.2, -0.15) is 23.2 Å². The largest absolute Gasteiger partial charge is 0.445 e. The molecule has 4 heterocycles. The Morgan fingerprint density at radius 2 is 2.05 bits per heavy atom. The van der Waals surface area contributed by atoms with E-state index in [1.165, 1.54) is 22.9 Å². The lowest BCUT2D eigenvalue weighted by Gasteiger charge is -2.35. The van der Waals surface area contributed by atoms with Crippen molar-refractivity contribution in [1.82, 2.24) is 29.6 Å². The molecular weight excluding hydrogens is 557 g/mol. The monoisotopic (exact) mass is 582 g/mol. The Hall–Kier alpha value is -3.29. The molecule has 3 aromatic rings. The number of pyridine rings is 1. The van der Waals surface area contributed by atoms with Gasteiger partial charge in [0, 0.05) is 31.2 Å². The molecule has 208 valence electrons. The fourth-order valence-corrected chi connectivity index (χ4v) is 6.50. The van der Waals surface area contributed by atoms with E-state index in [0.717, 1.165) is 6.42 Å². The van der Waals surface area contributed by atoms with Crippen LogP contribution in [0.1, 0.15) is 44.5 Å². The summed E-state index contributed by atoms with van der Waals surface area (Å²) in [4.78, 5) is 18.3. The van der Waals surface area contributed by atoms with Gasteiger partial charge in [-0.15, -0.1) is 10.2 Å². The van der Waals surface area contributed by atoms with Crippen LogP contribution in [0.2, 0.25) is 0 Å². The molecule has 0 aromatic carbocycles. The molecule has 11 nitrogen and oxygen atoms in total. The normalized spacial score (nSPS) is 19.3. The van der Waals surface area contributed by atoms with Crippen LogP contribution in [0.25, 0.3) is 16.3 Å². The van der Waals surface area contributed by atoms with Crippen molar-refractivity contribution in [2.45, 2.75) is 62.2 Å². The number of nitriles is 1. The first-order valence-corrected chi connectivity index (χ1v) is 14.5. The van der Waals surface area contributed by atoms with Gasteiger partial charge in [-0.1, -0.05) is 25.2 Å². The molecule has 0 bridgehead atoms. The van der Waals surface area contributed by atoms with Crippen molar-refractivity contribution in [1.29, 1.82) is 5.26 Å². The van der Waals surface area contributed by atoms with Crippen LogP contribution >= 0.6 is 11.3 Å². The Bertz CT molecular complexity index is 1570. The van der Waals surface area contributed by atoms with Gasteiger partial charge in [-0.25, -0.2) is 13.4 Å². The van der Waals surface area contributed by atoms with Gasteiger partial charge >= 0.3 is 6.18 Å². The van der Waals surface area contributed by atoms with E-state index in [2.05, 4.69) is 25.2 Å². The Balaban J connectivity index is 1.60. The average molecular weight is 583 g/mol. The number of nitrogens with zero attached hydrogens (tertiary/aromatic N) is 6. The topological polar surface area (TPSA) is 145 Å². The SMILES string of the molecule is CC(C)C(=O)NC1CCCN(c2cc(S(=O)(=O)NC3(C#N)CC3)cn3c(-c4nnc(C(F)(F)F)s4)ncc23)C1. The second-order valence-electron chi connectivity index (χ2n) is 10.1. The van der Waals surface area contributed by atoms with Gasteiger partial charge in [-0.3, -0.25) is 9.20 Å². The summed E-state index contributed by atoms with van der Waals surface area (Å²) in [5.74, 6) is -0.297. The quantitative estimate of drug-likeness (QED) is 0.433. The molecular formula is C23H25F3N8O3S2. The summed E-state index contributed by atoms with van der Waals surface area (Å²) in [6.07, 6.45) is 0.223. The highest BCUT2D eigenvalue weighted by Crippen LogP contribution is 2.38. The minimum Gasteiger partial charge on any atom is -0.368 e. The van der Waals surface area contributed by atoms with Crippen LogP contribution in [0.15, 0.2) is 23.4 Å². The Morgan fingerprint density at radius 3 is 2.67 bits per heavy atom. The first-order chi connectivity index (χ1) is 18.3. The minimum atomic E-state index is -4.69. The predicted molar refractivity (Wildman–Crippen MR) is 135 cm³/mol. The molecule has 1 unspecified atom stereocenters. The van der Waals surface area contributed by atoms with Crippen molar-refractivity contribution in [3.8, 4) is 16.9 Å². The number of hydrogen-bond acceptors (Lipinski definition) is 9. The molecule has 0 spiro atoms.